The molecule has 0 bridgehead atoms. The third-order valence-electron chi connectivity index (χ3n) is 3.14. The van der Waals surface area contributed by atoms with Gasteiger partial charge in [-0.15, -0.1) is 0 Å². The summed E-state index contributed by atoms with van der Waals surface area (Å²) in [6.07, 6.45) is 8.35. The van der Waals surface area contributed by atoms with E-state index in [0.717, 1.165) is 19.0 Å². The van der Waals surface area contributed by atoms with E-state index in [1.807, 2.05) is 13.2 Å². The lowest BCUT2D eigenvalue weighted by Crippen LogP contribution is -2.17. The Morgan fingerprint density at radius 3 is 2.82 bits per heavy atom. The second-order valence-corrected chi connectivity index (χ2v) is 4.87. The molecule has 0 unspecified atom stereocenters. The van der Waals surface area contributed by atoms with E-state index < -0.39 is 0 Å². The van der Waals surface area contributed by atoms with Crippen molar-refractivity contribution >= 4 is 0 Å². The number of hydrogen-bond donors (Lipinski definition) is 2. The molecule has 1 fully saturated rings. The first-order valence-electron chi connectivity index (χ1n) is 6.70. The zero-order valence-corrected chi connectivity index (χ0v) is 10.7. The third-order valence-corrected chi connectivity index (χ3v) is 3.14. The number of aryl methyl sites for hydroxylation is 1. The van der Waals surface area contributed by atoms with Crippen LogP contribution in [0, 0.1) is 0 Å². The van der Waals surface area contributed by atoms with Gasteiger partial charge in [0.25, 0.3) is 0 Å². The summed E-state index contributed by atoms with van der Waals surface area (Å²) >= 11 is 0. The molecule has 0 saturated heterocycles. The van der Waals surface area contributed by atoms with Gasteiger partial charge >= 0.3 is 0 Å². The number of unbranched alkanes of at least 4 members (excludes halogenated alkanes) is 1. The van der Waals surface area contributed by atoms with Crippen LogP contribution in [0.5, 0.6) is 0 Å². The summed E-state index contributed by atoms with van der Waals surface area (Å²) in [4.78, 5) is 4.48. The lowest BCUT2D eigenvalue weighted by atomic mass is 10.1. The summed E-state index contributed by atoms with van der Waals surface area (Å²) < 4.78 is 0. The molecule has 0 radical (unpaired) electrons. The van der Waals surface area contributed by atoms with Crippen LogP contribution in [0.25, 0.3) is 0 Å². The molecule has 3 heteroatoms. The van der Waals surface area contributed by atoms with E-state index in [2.05, 4.69) is 27.8 Å². The first kappa shape index (κ1) is 12.5. The van der Waals surface area contributed by atoms with Crippen molar-refractivity contribution in [3.8, 4) is 0 Å². The summed E-state index contributed by atoms with van der Waals surface area (Å²) in [6, 6.07) is 5.16. The number of aromatic nitrogens is 1. The van der Waals surface area contributed by atoms with Gasteiger partial charge in [-0.2, -0.15) is 0 Å². The van der Waals surface area contributed by atoms with Crippen molar-refractivity contribution in [3.05, 3.63) is 29.6 Å². The Balaban J connectivity index is 1.60. The molecule has 1 aromatic rings. The van der Waals surface area contributed by atoms with E-state index in [1.165, 1.54) is 43.5 Å². The van der Waals surface area contributed by atoms with Crippen molar-refractivity contribution in [3.63, 3.8) is 0 Å². The average molecular weight is 233 g/mol. The lowest BCUT2D eigenvalue weighted by Gasteiger charge is -2.04. The molecule has 17 heavy (non-hydrogen) atoms. The van der Waals surface area contributed by atoms with E-state index in [9.17, 15) is 0 Å². The highest BCUT2D eigenvalue weighted by molar-refractivity contribution is 5.13. The SMILES string of the molecule is CNCc1ccc(CCCCNC2CC2)nc1. The van der Waals surface area contributed by atoms with Crippen molar-refractivity contribution < 1.29 is 0 Å². The molecular weight excluding hydrogens is 210 g/mol. The maximum atomic E-state index is 4.48. The lowest BCUT2D eigenvalue weighted by molar-refractivity contribution is 0.616. The van der Waals surface area contributed by atoms with E-state index >= 15 is 0 Å². The standard InChI is InChI=1S/C14H23N3/c1-15-10-12-5-6-13(17-11-12)4-2-3-9-16-14-7-8-14/h5-6,11,14-16H,2-4,7-10H2,1H3. The van der Waals surface area contributed by atoms with Crippen molar-refractivity contribution in [2.24, 2.45) is 0 Å². The Bertz CT molecular complexity index is 317. The topological polar surface area (TPSA) is 37.0 Å². The van der Waals surface area contributed by atoms with Crippen LogP contribution in [-0.2, 0) is 13.0 Å². The fourth-order valence-electron chi connectivity index (χ4n) is 1.94. The molecule has 3 nitrogen and oxygen atoms in total. The number of nitrogens with zero attached hydrogens (tertiary/aromatic N) is 1. The molecule has 0 aromatic carbocycles. The average Bonchev–Trinajstić information content (AvgIpc) is 3.15. The molecule has 0 aliphatic heterocycles. The van der Waals surface area contributed by atoms with E-state index in [4.69, 9.17) is 0 Å². The second-order valence-electron chi connectivity index (χ2n) is 4.87. The fraction of sp³-hybridized carbons (Fsp3) is 0.643. The number of nitrogens with one attached hydrogen (secondary N) is 2. The molecule has 94 valence electrons. The van der Waals surface area contributed by atoms with E-state index in [0.29, 0.717) is 0 Å². The van der Waals surface area contributed by atoms with Crippen LogP contribution in [0.2, 0.25) is 0 Å². The van der Waals surface area contributed by atoms with E-state index in [-0.39, 0.29) is 0 Å². The summed E-state index contributed by atoms with van der Waals surface area (Å²) in [6.45, 7) is 2.07. The minimum atomic E-state index is 0.842. The molecule has 1 aromatic heterocycles. The number of pyridine rings is 1. The van der Waals surface area contributed by atoms with Gasteiger partial charge < -0.3 is 10.6 Å². The summed E-state index contributed by atoms with van der Waals surface area (Å²) in [5.41, 5.74) is 2.47. The maximum absolute atomic E-state index is 4.48. The summed E-state index contributed by atoms with van der Waals surface area (Å²) in [5.74, 6) is 0. The Kier molecular flexibility index (Phi) is 4.95. The van der Waals surface area contributed by atoms with Crippen molar-refractivity contribution in [1.29, 1.82) is 0 Å². The van der Waals surface area contributed by atoms with Gasteiger partial charge in [0, 0.05) is 24.5 Å². The number of rotatable bonds is 8. The first-order valence-corrected chi connectivity index (χ1v) is 6.70. The predicted octanol–water partition coefficient (Wildman–Crippen LogP) is 1.88. The van der Waals surface area contributed by atoms with E-state index in [1.54, 1.807) is 0 Å². The monoisotopic (exact) mass is 233 g/mol. The molecule has 0 amide bonds. The Morgan fingerprint density at radius 1 is 1.29 bits per heavy atom. The van der Waals surface area contributed by atoms with Gasteiger partial charge in [-0.1, -0.05) is 6.07 Å². The van der Waals surface area contributed by atoms with Crippen LogP contribution >= 0.6 is 0 Å². The van der Waals surface area contributed by atoms with Gasteiger partial charge in [-0.25, -0.2) is 0 Å². The molecular formula is C14H23N3. The van der Waals surface area contributed by atoms with Crippen LogP contribution in [0.15, 0.2) is 18.3 Å². The highest BCUT2D eigenvalue weighted by Crippen LogP contribution is 2.18. The van der Waals surface area contributed by atoms with Crippen molar-refractivity contribution in [2.45, 2.75) is 44.7 Å². The Hall–Kier alpha value is -0.930. The van der Waals surface area contributed by atoms with Crippen molar-refractivity contribution in [2.75, 3.05) is 13.6 Å². The third kappa shape index (κ3) is 4.84. The molecule has 2 N–H and O–H groups in total. The van der Waals surface area contributed by atoms with Gasteiger partial charge in [-0.05, 0) is 57.3 Å². The van der Waals surface area contributed by atoms with Crippen LogP contribution in [0.1, 0.15) is 36.9 Å². The van der Waals surface area contributed by atoms with Gasteiger partial charge in [0.2, 0.25) is 0 Å². The summed E-state index contributed by atoms with van der Waals surface area (Å²) in [5, 5.41) is 6.67. The molecule has 0 spiro atoms. The quantitative estimate of drug-likeness (QED) is 0.673. The van der Waals surface area contributed by atoms with Gasteiger partial charge in [0.1, 0.15) is 0 Å². The van der Waals surface area contributed by atoms with Crippen LogP contribution in [0.3, 0.4) is 0 Å². The van der Waals surface area contributed by atoms with Gasteiger partial charge in [0.05, 0.1) is 0 Å². The smallest absolute Gasteiger partial charge is 0.0403 e. The second kappa shape index (κ2) is 6.72. The molecule has 1 aliphatic rings. The largest absolute Gasteiger partial charge is 0.316 e. The van der Waals surface area contributed by atoms with Crippen LogP contribution in [-0.4, -0.2) is 24.6 Å². The summed E-state index contributed by atoms with van der Waals surface area (Å²) in [7, 11) is 1.96. The molecule has 1 heterocycles. The van der Waals surface area contributed by atoms with Crippen LogP contribution < -0.4 is 10.6 Å². The predicted molar refractivity (Wildman–Crippen MR) is 71.0 cm³/mol. The van der Waals surface area contributed by atoms with Gasteiger partial charge in [0.15, 0.2) is 0 Å². The zero-order valence-electron chi connectivity index (χ0n) is 10.7. The normalized spacial score (nSPS) is 15.1. The minimum absolute atomic E-state index is 0.842. The van der Waals surface area contributed by atoms with Crippen LogP contribution in [0.4, 0.5) is 0 Å². The first-order chi connectivity index (χ1) is 8.38. The number of hydrogen-bond acceptors (Lipinski definition) is 3. The maximum Gasteiger partial charge on any atom is 0.0403 e. The molecule has 0 atom stereocenters. The highest BCUT2D eigenvalue weighted by atomic mass is 14.9. The fourth-order valence-corrected chi connectivity index (χ4v) is 1.94. The minimum Gasteiger partial charge on any atom is -0.316 e. The molecule has 1 aliphatic carbocycles. The molecule has 1 saturated carbocycles. The highest BCUT2D eigenvalue weighted by Gasteiger charge is 2.19. The Morgan fingerprint density at radius 2 is 2.18 bits per heavy atom. The molecule has 2 rings (SSSR count). The zero-order chi connectivity index (χ0) is 11.9. The van der Waals surface area contributed by atoms with Crippen molar-refractivity contribution in [1.82, 2.24) is 15.6 Å². The van der Waals surface area contributed by atoms with Gasteiger partial charge in [-0.3, -0.25) is 4.98 Å². The Labute approximate surface area is 104 Å².